The Morgan fingerprint density at radius 2 is 1.95 bits per heavy atom. The minimum atomic E-state index is -0.498. The molecule has 0 unspecified atom stereocenters. The zero-order valence-corrected chi connectivity index (χ0v) is 11.2. The number of ether oxygens (including phenoxy) is 1. The van der Waals surface area contributed by atoms with Crippen molar-refractivity contribution in [1.82, 2.24) is 0 Å². The minimum Gasteiger partial charge on any atom is -0.497 e. The second-order valence-corrected chi connectivity index (χ2v) is 4.30. The van der Waals surface area contributed by atoms with Crippen LogP contribution in [0.1, 0.15) is 11.1 Å². The van der Waals surface area contributed by atoms with Gasteiger partial charge in [0.1, 0.15) is 23.2 Å². The Hall–Kier alpha value is -2.54. The molecule has 0 spiro atoms. The molecule has 0 heterocycles. The third-order valence-electron chi connectivity index (χ3n) is 3.01. The number of hydrogen-bond acceptors (Lipinski definition) is 3. The van der Waals surface area contributed by atoms with E-state index in [1.165, 1.54) is 6.07 Å². The van der Waals surface area contributed by atoms with E-state index in [2.05, 4.69) is 5.32 Å². The number of nitriles is 1. The lowest BCUT2D eigenvalue weighted by atomic mass is 10.1. The molecule has 0 radical (unpaired) electrons. The van der Waals surface area contributed by atoms with E-state index < -0.39 is 5.82 Å². The smallest absolute Gasteiger partial charge is 0.143 e. The maximum absolute atomic E-state index is 13.4. The molecule has 3 nitrogen and oxygen atoms in total. The van der Waals surface area contributed by atoms with Gasteiger partial charge in [0.05, 0.1) is 12.8 Å². The molecule has 0 fully saturated rings. The number of anilines is 1. The van der Waals surface area contributed by atoms with Crippen LogP contribution in [0, 0.1) is 17.1 Å². The van der Waals surface area contributed by atoms with Crippen molar-refractivity contribution < 1.29 is 9.13 Å². The molecule has 0 aliphatic carbocycles. The van der Waals surface area contributed by atoms with Gasteiger partial charge in [-0.25, -0.2) is 4.39 Å². The molecule has 4 heteroatoms. The lowest BCUT2D eigenvalue weighted by Gasteiger charge is -2.09. The van der Waals surface area contributed by atoms with Crippen LogP contribution in [-0.4, -0.2) is 13.7 Å². The van der Waals surface area contributed by atoms with Gasteiger partial charge in [0, 0.05) is 6.54 Å². The van der Waals surface area contributed by atoms with Gasteiger partial charge in [0.2, 0.25) is 0 Å². The summed E-state index contributed by atoms with van der Waals surface area (Å²) < 4.78 is 18.5. The van der Waals surface area contributed by atoms with Gasteiger partial charge in [-0.2, -0.15) is 5.26 Å². The van der Waals surface area contributed by atoms with Gasteiger partial charge in [0.25, 0.3) is 0 Å². The number of nitrogens with zero attached hydrogens (tertiary/aromatic N) is 1. The molecule has 2 rings (SSSR count). The maximum Gasteiger partial charge on any atom is 0.143 e. The van der Waals surface area contributed by atoms with Gasteiger partial charge >= 0.3 is 0 Å². The monoisotopic (exact) mass is 270 g/mol. The third kappa shape index (κ3) is 3.27. The molecule has 0 saturated heterocycles. The summed E-state index contributed by atoms with van der Waals surface area (Å²) in [7, 11) is 1.63. The number of benzene rings is 2. The van der Waals surface area contributed by atoms with Crippen molar-refractivity contribution in [3.05, 3.63) is 59.4 Å². The lowest BCUT2D eigenvalue weighted by molar-refractivity contribution is 0.414. The highest BCUT2D eigenvalue weighted by Crippen LogP contribution is 2.18. The molecule has 102 valence electrons. The van der Waals surface area contributed by atoms with E-state index in [0.29, 0.717) is 12.2 Å². The first kappa shape index (κ1) is 13.9. The molecular formula is C16H15FN2O. The fourth-order valence-electron chi connectivity index (χ4n) is 1.92. The van der Waals surface area contributed by atoms with E-state index in [1.807, 2.05) is 30.3 Å². The zero-order chi connectivity index (χ0) is 14.4. The topological polar surface area (TPSA) is 45.0 Å². The predicted octanol–water partition coefficient (Wildman–Crippen LogP) is 3.36. The van der Waals surface area contributed by atoms with Crippen molar-refractivity contribution in [3.8, 4) is 11.8 Å². The molecule has 2 aromatic rings. The van der Waals surface area contributed by atoms with Crippen molar-refractivity contribution in [1.29, 1.82) is 5.26 Å². The summed E-state index contributed by atoms with van der Waals surface area (Å²) in [6.07, 6.45) is 0.783. The van der Waals surface area contributed by atoms with E-state index in [9.17, 15) is 4.39 Å². The Bertz CT molecular complexity index is 617. The van der Waals surface area contributed by atoms with E-state index in [-0.39, 0.29) is 5.56 Å². The summed E-state index contributed by atoms with van der Waals surface area (Å²) in [4.78, 5) is 0. The number of nitrogens with one attached hydrogen (secondary N) is 1. The van der Waals surface area contributed by atoms with Crippen LogP contribution in [0.4, 0.5) is 10.1 Å². The van der Waals surface area contributed by atoms with E-state index in [1.54, 1.807) is 19.2 Å². The Kier molecular flexibility index (Phi) is 4.56. The van der Waals surface area contributed by atoms with Crippen LogP contribution in [0.2, 0.25) is 0 Å². The first-order chi connectivity index (χ1) is 9.74. The molecule has 0 aromatic heterocycles. The fraction of sp³-hybridized carbons (Fsp3) is 0.188. The fourth-order valence-corrected chi connectivity index (χ4v) is 1.92. The summed E-state index contributed by atoms with van der Waals surface area (Å²) in [5.74, 6) is 0.320. The van der Waals surface area contributed by atoms with Crippen molar-refractivity contribution in [2.45, 2.75) is 6.42 Å². The van der Waals surface area contributed by atoms with Crippen molar-refractivity contribution in [2.75, 3.05) is 19.0 Å². The minimum absolute atomic E-state index is 0.0576. The van der Waals surface area contributed by atoms with Crippen LogP contribution in [-0.2, 0) is 6.42 Å². The highest BCUT2D eigenvalue weighted by Gasteiger charge is 2.06. The molecule has 0 atom stereocenters. The first-order valence-electron chi connectivity index (χ1n) is 6.30. The van der Waals surface area contributed by atoms with Crippen molar-refractivity contribution in [3.63, 3.8) is 0 Å². The lowest BCUT2D eigenvalue weighted by Crippen LogP contribution is -2.07. The molecule has 0 bridgehead atoms. The molecule has 0 aliphatic heterocycles. The Morgan fingerprint density at radius 1 is 1.20 bits per heavy atom. The summed E-state index contributed by atoms with van der Waals surface area (Å²) in [6.45, 7) is 0.629. The van der Waals surface area contributed by atoms with Crippen LogP contribution < -0.4 is 10.1 Å². The van der Waals surface area contributed by atoms with Crippen LogP contribution in [0.5, 0.6) is 5.75 Å². The Morgan fingerprint density at radius 3 is 2.60 bits per heavy atom. The van der Waals surface area contributed by atoms with Crippen LogP contribution in [0.3, 0.4) is 0 Å². The molecule has 0 saturated carbocycles. The average Bonchev–Trinajstić information content (AvgIpc) is 2.48. The molecular weight excluding hydrogens is 255 g/mol. The molecule has 1 N–H and O–H groups in total. The van der Waals surface area contributed by atoms with Gasteiger partial charge in [-0.05, 0) is 36.2 Å². The van der Waals surface area contributed by atoms with E-state index in [4.69, 9.17) is 10.00 Å². The van der Waals surface area contributed by atoms with E-state index >= 15 is 0 Å². The second kappa shape index (κ2) is 6.58. The third-order valence-corrected chi connectivity index (χ3v) is 3.01. The molecule has 0 amide bonds. The Labute approximate surface area is 117 Å². The largest absolute Gasteiger partial charge is 0.497 e. The Balaban J connectivity index is 1.96. The quantitative estimate of drug-likeness (QED) is 0.906. The summed E-state index contributed by atoms with van der Waals surface area (Å²) in [5.41, 5.74) is 1.73. The SMILES string of the molecule is COc1ccc(CCNc2cccc(F)c2C#N)cc1. The van der Waals surface area contributed by atoms with Gasteiger partial charge in [0.15, 0.2) is 0 Å². The number of hydrogen-bond donors (Lipinski definition) is 1. The average molecular weight is 270 g/mol. The molecule has 2 aromatic carbocycles. The van der Waals surface area contributed by atoms with Crippen molar-refractivity contribution >= 4 is 5.69 Å². The predicted molar refractivity (Wildman–Crippen MR) is 76.3 cm³/mol. The van der Waals surface area contributed by atoms with Gasteiger partial charge in [-0.15, -0.1) is 0 Å². The van der Waals surface area contributed by atoms with Crippen LogP contribution in [0.25, 0.3) is 0 Å². The zero-order valence-electron chi connectivity index (χ0n) is 11.2. The van der Waals surface area contributed by atoms with Crippen molar-refractivity contribution in [2.24, 2.45) is 0 Å². The van der Waals surface area contributed by atoms with Gasteiger partial charge in [-0.1, -0.05) is 18.2 Å². The van der Waals surface area contributed by atoms with E-state index in [0.717, 1.165) is 17.7 Å². The summed E-state index contributed by atoms with van der Waals surface area (Å²) >= 11 is 0. The highest BCUT2D eigenvalue weighted by molar-refractivity contribution is 5.57. The molecule has 0 aliphatic rings. The first-order valence-corrected chi connectivity index (χ1v) is 6.30. The van der Waals surface area contributed by atoms with Crippen LogP contribution >= 0.6 is 0 Å². The number of methoxy groups -OCH3 is 1. The second-order valence-electron chi connectivity index (χ2n) is 4.30. The standard InChI is InChI=1S/C16H15FN2O/c1-20-13-7-5-12(6-8-13)9-10-19-16-4-2-3-15(17)14(16)11-18/h2-8,19H,9-10H2,1H3. The summed E-state index contributed by atoms with van der Waals surface area (Å²) in [5, 5.41) is 12.0. The normalized spacial score (nSPS) is 9.85. The van der Waals surface area contributed by atoms with Crippen LogP contribution in [0.15, 0.2) is 42.5 Å². The molecule has 20 heavy (non-hydrogen) atoms. The van der Waals surface area contributed by atoms with Gasteiger partial charge in [-0.3, -0.25) is 0 Å². The van der Waals surface area contributed by atoms with Gasteiger partial charge < -0.3 is 10.1 Å². The number of halogens is 1. The maximum atomic E-state index is 13.4. The summed E-state index contributed by atoms with van der Waals surface area (Å²) in [6, 6.07) is 14.2. The highest BCUT2D eigenvalue weighted by atomic mass is 19.1. The number of rotatable bonds is 5.